The van der Waals surface area contributed by atoms with E-state index < -0.39 is 0 Å². The maximum absolute atomic E-state index is 12.3. The van der Waals surface area contributed by atoms with E-state index in [4.69, 9.17) is 4.74 Å². The molecule has 26 heavy (non-hydrogen) atoms. The van der Waals surface area contributed by atoms with Crippen LogP contribution in [0.3, 0.4) is 0 Å². The standard InChI is InChI=1S/C21H24N2O3/c1-14-6-8-16(3)17(11-14)22-20(24)5-4-10-23-18-12-15(2)7-9-19(18)26-13-21(23)25/h6-9,11-12H,4-5,10,13H2,1-3H3,(H,22,24). The zero-order valence-electron chi connectivity index (χ0n) is 15.5. The summed E-state index contributed by atoms with van der Waals surface area (Å²) < 4.78 is 5.48. The number of rotatable bonds is 5. The summed E-state index contributed by atoms with van der Waals surface area (Å²) in [7, 11) is 0. The number of ether oxygens (including phenoxy) is 1. The minimum Gasteiger partial charge on any atom is -0.482 e. The molecule has 1 heterocycles. The van der Waals surface area contributed by atoms with Crippen LogP contribution in [0.15, 0.2) is 36.4 Å². The van der Waals surface area contributed by atoms with Gasteiger partial charge in [0.15, 0.2) is 6.61 Å². The summed E-state index contributed by atoms with van der Waals surface area (Å²) in [5.74, 6) is 0.608. The van der Waals surface area contributed by atoms with Crippen molar-refractivity contribution in [3.8, 4) is 5.75 Å². The molecular formula is C21H24N2O3. The lowest BCUT2D eigenvalue weighted by Gasteiger charge is -2.29. The van der Waals surface area contributed by atoms with Gasteiger partial charge < -0.3 is 15.0 Å². The number of hydrogen-bond acceptors (Lipinski definition) is 3. The number of carbonyl (C=O) groups excluding carboxylic acids is 2. The third-order valence-electron chi connectivity index (χ3n) is 4.51. The number of hydrogen-bond donors (Lipinski definition) is 1. The summed E-state index contributed by atoms with van der Waals surface area (Å²) in [6.07, 6.45) is 0.953. The Morgan fingerprint density at radius 2 is 1.85 bits per heavy atom. The highest BCUT2D eigenvalue weighted by Crippen LogP contribution is 2.33. The third-order valence-corrected chi connectivity index (χ3v) is 4.51. The highest BCUT2D eigenvalue weighted by Gasteiger charge is 2.25. The summed E-state index contributed by atoms with van der Waals surface area (Å²) in [6.45, 7) is 6.50. The van der Waals surface area contributed by atoms with E-state index in [1.165, 1.54) is 0 Å². The largest absolute Gasteiger partial charge is 0.482 e. The quantitative estimate of drug-likeness (QED) is 0.891. The molecule has 0 saturated heterocycles. The van der Waals surface area contributed by atoms with Gasteiger partial charge in [-0.1, -0.05) is 18.2 Å². The minimum absolute atomic E-state index is 0.0381. The Kier molecular flexibility index (Phi) is 5.26. The van der Waals surface area contributed by atoms with Gasteiger partial charge in [0.2, 0.25) is 5.91 Å². The highest BCUT2D eigenvalue weighted by molar-refractivity contribution is 5.98. The number of anilines is 2. The third kappa shape index (κ3) is 4.04. The number of carbonyl (C=O) groups is 2. The van der Waals surface area contributed by atoms with Crippen molar-refractivity contribution >= 4 is 23.2 Å². The Bertz CT molecular complexity index is 845. The molecule has 2 aromatic carbocycles. The Morgan fingerprint density at radius 1 is 1.12 bits per heavy atom. The van der Waals surface area contributed by atoms with E-state index in [0.29, 0.717) is 19.4 Å². The molecule has 0 bridgehead atoms. The van der Waals surface area contributed by atoms with Crippen LogP contribution in [0.2, 0.25) is 0 Å². The van der Waals surface area contributed by atoms with Crippen molar-refractivity contribution in [2.75, 3.05) is 23.4 Å². The van der Waals surface area contributed by atoms with Crippen LogP contribution in [-0.4, -0.2) is 25.0 Å². The number of benzene rings is 2. The van der Waals surface area contributed by atoms with E-state index in [9.17, 15) is 9.59 Å². The van der Waals surface area contributed by atoms with Crippen molar-refractivity contribution < 1.29 is 14.3 Å². The fourth-order valence-electron chi connectivity index (χ4n) is 3.04. The lowest BCUT2D eigenvalue weighted by Crippen LogP contribution is -2.39. The summed E-state index contributed by atoms with van der Waals surface area (Å²) in [6, 6.07) is 11.8. The average molecular weight is 352 g/mol. The second-order valence-corrected chi connectivity index (χ2v) is 6.78. The maximum Gasteiger partial charge on any atom is 0.265 e. The van der Waals surface area contributed by atoms with Gasteiger partial charge in [0, 0.05) is 18.7 Å². The van der Waals surface area contributed by atoms with Crippen LogP contribution in [0.4, 0.5) is 11.4 Å². The molecule has 0 spiro atoms. The molecule has 1 aliphatic heterocycles. The van der Waals surface area contributed by atoms with E-state index >= 15 is 0 Å². The predicted molar refractivity (Wildman–Crippen MR) is 103 cm³/mol. The van der Waals surface area contributed by atoms with Crippen LogP contribution in [0.1, 0.15) is 29.5 Å². The zero-order chi connectivity index (χ0) is 18.7. The van der Waals surface area contributed by atoms with Crippen molar-refractivity contribution in [2.24, 2.45) is 0 Å². The number of fused-ring (bicyclic) bond motifs is 1. The molecular weight excluding hydrogens is 328 g/mol. The van der Waals surface area contributed by atoms with Gasteiger partial charge in [-0.2, -0.15) is 0 Å². The Balaban J connectivity index is 1.59. The monoisotopic (exact) mass is 352 g/mol. The van der Waals surface area contributed by atoms with Gasteiger partial charge >= 0.3 is 0 Å². The van der Waals surface area contributed by atoms with E-state index in [2.05, 4.69) is 5.32 Å². The van der Waals surface area contributed by atoms with Gasteiger partial charge in [-0.25, -0.2) is 0 Å². The Hall–Kier alpha value is -2.82. The van der Waals surface area contributed by atoms with Gasteiger partial charge in [-0.3, -0.25) is 9.59 Å². The zero-order valence-corrected chi connectivity index (χ0v) is 15.5. The molecule has 1 aliphatic rings. The second kappa shape index (κ2) is 7.60. The molecule has 0 radical (unpaired) electrons. The normalized spacial score (nSPS) is 13.2. The van der Waals surface area contributed by atoms with Crippen LogP contribution in [0, 0.1) is 20.8 Å². The topological polar surface area (TPSA) is 58.6 Å². The first-order chi connectivity index (χ1) is 12.4. The first kappa shape index (κ1) is 18.0. The van der Waals surface area contributed by atoms with Crippen molar-refractivity contribution in [2.45, 2.75) is 33.6 Å². The van der Waals surface area contributed by atoms with Crippen LogP contribution in [-0.2, 0) is 9.59 Å². The molecule has 0 unspecified atom stereocenters. The summed E-state index contributed by atoms with van der Waals surface area (Å²) in [5.41, 5.74) is 4.85. The molecule has 5 heteroatoms. The predicted octanol–water partition coefficient (Wildman–Crippen LogP) is 3.76. The molecule has 3 rings (SSSR count). The maximum atomic E-state index is 12.3. The van der Waals surface area contributed by atoms with E-state index in [-0.39, 0.29) is 18.4 Å². The molecule has 0 fully saturated rings. The van der Waals surface area contributed by atoms with E-state index in [1.807, 2.05) is 57.2 Å². The molecule has 2 amide bonds. The van der Waals surface area contributed by atoms with Gasteiger partial charge in [0.05, 0.1) is 5.69 Å². The van der Waals surface area contributed by atoms with Gasteiger partial charge in [-0.15, -0.1) is 0 Å². The van der Waals surface area contributed by atoms with Crippen molar-refractivity contribution in [1.82, 2.24) is 0 Å². The molecule has 136 valence electrons. The Labute approximate surface area is 154 Å². The molecule has 0 saturated carbocycles. The Morgan fingerprint density at radius 3 is 2.65 bits per heavy atom. The van der Waals surface area contributed by atoms with E-state index in [0.717, 1.165) is 33.8 Å². The first-order valence-corrected chi connectivity index (χ1v) is 8.85. The molecule has 0 aromatic heterocycles. The van der Waals surface area contributed by atoms with Crippen LogP contribution in [0.25, 0.3) is 0 Å². The molecule has 5 nitrogen and oxygen atoms in total. The van der Waals surface area contributed by atoms with Gasteiger partial charge in [-0.05, 0) is 62.1 Å². The van der Waals surface area contributed by atoms with Crippen molar-refractivity contribution in [3.05, 3.63) is 53.1 Å². The lowest BCUT2D eigenvalue weighted by atomic mass is 10.1. The molecule has 2 aromatic rings. The van der Waals surface area contributed by atoms with Gasteiger partial charge in [0.1, 0.15) is 5.75 Å². The number of nitrogens with one attached hydrogen (secondary N) is 1. The van der Waals surface area contributed by atoms with Crippen LogP contribution < -0.4 is 15.0 Å². The SMILES string of the molecule is Cc1ccc(C)c(NC(=O)CCCN2C(=O)COc3ccc(C)cc32)c1. The number of aryl methyl sites for hydroxylation is 3. The van der Waals surface area contributed by atoms with Crippen LogP contribution in [0.5, 0.6) is 5.75 Å². The summed E-state index contributed by atoms with van der Waals surface area (Å²) in [4.78, 5) is 26.2. The molecule has 0 aliphatic carbocycles. The van der Waals surface area contributed by atoms with Crippen molar-refractivity contribution in [3.63, 3.8) is 0 Å². The molecule has 0 atom stereocenters. The smallest absolute Gasteiger partial charge is 0.265 e. The van der Waals surface area contributed by atoms with Crippen molar-refractivity contribution in [1.29, 1.82) is 0 Å². The fraction of sp³-hybridized carbons (Fsp3) is 0.333. The molecule has 1 N–H and O–H groups in total. The number of amides is 2. The van der Waals surface area contributed by atoms with Gasteiger partial charge in [0.25, 0.3) is 5.91 Å². The number of nitrogens with zero attached hydrogens (tertiary/aromatic N) is 1. The van der Waals surface area contributed by atoms with Crippen LogP contribution >= 0.6 is 0 Å². The highest BCUT2D eigenvalue weighted by atomic mass is 16.5. The fourth-order valence-corrected chi connectivity index (χ4v) is 3.04. The summed E-state index contributed by atoms with van der Waals surface area (Å²) >= 11 is 0. The first-order valence-electron chi connectivity index (χ1n) is 8.85. The average Bonchev–Trinajstić information content (AvgIpc) is 2.60. The second-order valence-electron chi connectivity index (χ2n) is 6.78. The lowest BCUT2D eigenvalue weighted by molar-refractivity contribution is -0.121. The minimum atomic E-state index is -0.0713. The summed E-state index contributed by atoms with van der Waals surface area (Å²) in [5, 5.41) is 2.96. The van der Waals surface area contributed by atoms with E-state index in [1.54, 1.807) is 4.90 Å².